The molecule has 10 heavy (non-hydrogen) atoms. The van der Waals surface area contributed by atoms with Crippen molar-refractivity contribution in [1.82, 2.24) is 4.98 Å². The molecule has 0 atom stereocenters. The summed E-state index contributed by atoms with van der Waals surface area (Å²) in [5.74, 6) is 0. The van der Waals surface area contributed by atoms with Crippen molar-refractivity contribution in [2.24, 2.45) is 5.73 Å². The molecule has 0 amide bonds. The van der Waals surface area contributed by atoms with Crippen molar-refractivity contribution in [2.45, 2.75) is 0 Å². The number of halogens is 1. The monoisotopic (exact) mass is 216 g/mol. The van der Waals surface area contributed by atoms with E-state index in [1.54, 1.807) is 6.07 Å². The van der Waals surface area contributed by atoms with Crippen molar-refractivity contribution in [3.8, 4) is 0 Å². The van der Waals surface area contributed by atoms with E-state index in [2.05, 4.69) is 20.9 Å². The van der Waals surface area contributed by atoms with Gasteiger partial charge in [-0.3, -0.25) is 0 Å². The van der Waals surface area contributed by atoms with Crippen molar-refractivity contribution < 1.29 is 0 Å². The average Bonchev–Trinajstić information content (AvgIpc) is 1.88. The molecule has 0 radical (unpaired) electrons. The molecule has 0 saturated heterocycles. The van der Waals surface area contributed by atoms with E-state index in [4.69, 9.17) is 18.0 Å². The Morgan fingerprint density at radius 3 is 2.70 bits per heavy atom. The molecule has 0 aliphatic rings. The molecule has 0 aliphatic heterocycles. The predicted molar refractivity (Wildman–Crippen MR) is 47.8 cm³/mol. The second-order valence-electron chi connectivity index (χ2n) is 1.71. The van der Waals surface area contributed by atoms with Gasteiger partial charge in [-0.05, 0) is 28.1 Å². The normalized spacial score (nSPS) is 9.30. The largest absolute Gasteiger partial charge is 0.388 e. The van der Waals surface area contributed by atoms with E-state index in [1.807, 2.05) is 12.1 Å². The summed E-state index contributed by atoms with van der Waals surface area (Å²) >= 11 is 7.92. The second kappa shape index (κ2) is 3.07. The zero-order chi connectivity index (χ0) is 7.56. The van der Waals surface area contributed by atoms with Crippen LogP contribution < -0.4 is 5.73 Å². The maximum atomic E-state index is 5.33. The van der Waals surface area contributed by atoms with Crippen molar-refractivity contribution in [3.63, 3.8) is 0 Å². The Morgan fingerprint density at radius 2 is 2.30 bits per heavy atom. The smallest absolute Gasteiger partial charge is 0.122 e. The van der Waals surface area contributed by atoms with Crippen LogP contribution in [0, 0.1) is 0 Å². The third-order valence-corrected chi connectivity index (χ3v) is 1.62. The van der Waals surface area contributed by atoms with E-state index >= 15 is 0 Å². The standard InChI is InChI=1S/C6H5BrN2S/c7-5-3-1-2-4(9-5)6(8)10/h1-3H,(H2,8,10). The molecule has 1 aromatic heterocycles. The van der Waals surface area contributed by atoms with Gasteiger partial charge in [-0.25, -0.2) is 4.98 Å². The molecule has 0 bridgehead atoms. The van der Waals surface area contributed by atoms with E-state index in [0.717, 1.165) is 4.60 Å². The Labute approximate surface area is 72.6 Å². The van der Waals surface area contributed by atoms with E-state index in [0.29, 0.717) is 10.7 Å². The Morgan fingerprint density at radius 1 is 1.60 bits per heavy atom. The van der Waals surface area contributed by atoms with Crippen LogP contribution in [0.2, 0.25) is 0 Å². The van der Waals surface area contributed by atoms with Gasteiger partial charge in [0.25, 0.3) is 0 Å². The van der Waals surface area contributed by atoms with Gasteiger partial charge >= 0.3 is 0 Å². The third kappa shape index (κ3) is 1.75. The topological polar surface area (TPSA) is 38.9 Å². The molecule has 52 valence electrons. The Hall–Kier alpha value is -0.480. The molecule has 2 N–H and O–H groups in total. The first-order valence-corrected chi connectivity index (χ1v) is 3.82. The van der Waals surface area contributed by atoms with Crippen molar-refractivity contribution >= 4 is 33.1 Å². The maximum Gasteiger partial charge on any atom is 0.122 e. The van der Waals surface area contributed by atoms with Gasteiger partial charge in [-0.2, -0.15) is 0 Å². The molecular formula is C6H5BrN2S. The van der Waals surface area contributed by atoms with Crippen LogP contribution in [0.15, 0.2) is 22.8 Å². The SMILES string of the molecule is NC(=S)c1cccc(Br)n1. The molecule has 2 nitrogen and oxygen atoms in total. The fourth-order valence-corrected chi connectivity index (χ4v) is 1.00. The summed E-state index contributed by atoms with van der Waals surface area (Å²) in [6.45, 7) is 0. The van der Waals surface area contributed by atoms with Gasteiger partial charge < -0.3 is 5.73 Å². The molecule has 0 aromatic carbocycles. The van der Waals surface area contributed by atoms with Crippen LogP contribution in [0.4, 0.5) is 0 Å². The van der Waals surface area contributed by atoms with E-state index < -0.39 is 0 Å². The Bertz CT molecular complexity index is 262. The van der Waals surface area contributed by atoms with Crippen LogP contribution in [-0.4, -0.2) is 9.97 Å². The quantitative estimate of drug-likeness (QED) is 0.572. The minimum Gasteiger partial charge on any atom is -0.388 e. The summed E-state index contributed by atoms with van der Waals surface area (Å²) in [6, 6.07) is 5.43. The summed E-state index contributed by atoms with van der Waals surface area (Å²) in [7, 11) is 0. The van der Waals surface area contributed by atoms with Crippen molar-refractivity contribution in [3.05, 3.63) is 28.5 Å². The lowest BCUT2D eigenvalue weighted by atomic mass is 10.4. The molecule has 0 unspecified atom stereocenters. The first-order chi connectivity index (χ1) is 4.70. The number of nitrogens with zero attached hydrogens (tertiary/aromatic N) is 1. The van der Waals surface area contributed by atoms with Crippen molar-refractivity contribution in [1.29, 1.82) is 0 Å². The molecule has 0 fully saturated rings. The molecule has 4 heteroatoms. The molecular weight excluding hydrogens is 212 g/mol. The fourth-order valence-electron chi connectivity index (χ4n) is 0.545. The highest BCUT2D eigenvalue weighted by atomic mass is 79.9. The molecule has 1 heterocycles. The second-order valence-corrected chi connectivity index (χ2v) is 2.96. The number of hydrogen-bond acceptors (Lipinski definition) is 2. The maximum absolute atomic E-state index is 5.33. The number of aromatic nitrogens is 1. The summed E-state index contributed by atoms with van der Waals surface area (Å²) in [5.41, 5.74) is 5.97. The lowest BCUT2D eigenvalue weighted by Gasteiger charge is -1.95. The minimum atomic E-state index is 0.321. The van der Waals surface area contributed by atoms with Gasteiger partial charge in [0.15, 0.2) is 0 Å². The summed E-state index contributed by atoms with van der Waals surface area (Å²) in [4.78, 5) is 4.34. The van der Waals surface area contributed by atoms with Crippen LogP contribution in [0.5, 0.6) is 0 Å². The Kier molecular flexibility index (Phi) is 2.34. The minimum absolute atomic E-state index is 0.321. The lowest BCUT2D eigenvalue weighted by Crippen LogP contribution is -2.11. The predicted octanol–water partition coefficient (Wildman–Crippen LogP) is 1.48. The average molecular weight is 217 g/mol. The van der Waals surface area contributed by atoms with E-state index in [-0.39, 0.29) is 0 Å². The third-order valence-electron chi connectivity index (χ3n) is 0.968. The zero-order valence-electron chi connectivity index (χ0n) is 5.04. The van der Waals surface area contributed by atoms with Gasteiger partial charge in [0.2, 0.25) is 0 Å². The van der Waals surface area contributed by atoms with Gasteiger partial charge in [0.1, 0.15) is 9.59 Å². The Balaban J connectivity index is 3.07. The summed E-state index contributed by atoms with van der Waals surface area (Å²) in [5, 5.41) is 0. The summed E-state index contributed by atoms with van der Waals surface area (Å²) < 4.78 is 0.748. The highest BCUT2D eigenvalue weighted by molar-refractivity contribution is 9.10. The highest BCUT2D eigenvalue weighted by Gasteiger charge is 1.95. The number of rotatable bonds is 1. The zero-order valence-corrected chi connectivity index (χ0v) is 7.45. The molecule has 0 spiro atoms. The number of pyridine rings is 1. The number of nitrogens with two attached hydrogens (primary N) is 1. The first-order valence-electron chi connectivity index (χ1n) is 2.62. The van der Waals surface area contributed by atoms with Gasteiger partial charge in [-0.15, -0.1) is 0 Å². The van der Waals surface area contributed by atoms with E-state index in [1.165, 1.54) is 0 Å². The van der Waals surface area contributed by atoms with Crippen LogP contribution >= 0.6 is 28.1 Å². The lowest BCUT2D eigenvalue weighted by molar-refractivity contribution is 1.25. The molecule has 0 aliphatic carbocycles. The van der Waals surface area contributed by atoms with E-state index in [9.17, 15) is 0 Å². The van der Waals surface area contributed by atoms with Gasteiger partial charge in [-0.1, -0.05) is 18.3 Å². The van der Waals surface area contributed by atoms with Crippen LogP contribution in [0.3, 0.4) is 0 Å². The van der Waals surface area contributed by atoms with Crippen LogP contribution in [0.25, 0.3) is 0 Å². The molecule has 1 rings (SSSR count). The molecule has 1 aromatic rings. The fraction of sp³-hybridized carbons (Fsp3) is 0. The first kappa shape index (κ1) is 7.63. The van der Waals surface area contributed by atoms with Crippen LogP contribution in [0.1, 0.15) is 5.69 Å². The van der Waals surface area contributed by atoms with Crippen molar-refractivity contribution in [2.75, 3.05) is 0 Å². The van der Waals surface area contributed by atoms with Gasteiger partial charge in [0.05, 0.1) is 5.69 Å². The van der Waals surface area contributed by atoms with Gasteiger partial charge in [0, 0.05) is 0 Å². The summed E-state index contributed by atoms with van der Waals surface area (Å²) in [6.07, 6.45) is 0. The van der Waals surface area contributed by atoms with Crippen LogP contribution in [-0.2, 0) is 0 Å². The number of thiocarbonyl (C=S) groups is 1. The molecule has 0 saturated carbocycles. The highest BCUT2D eigenvalue weighted by Crippen LogP contribution is 2.05. The number of hydrogen-bond donors (Lipinski definition) is 1.